The van der Waals surface area contributed by atoms with Gasteiger partial charge in [-0.15, -0.1) is 0 Å². The Morgan fingerprint density at radius 2 is 1.88 bits per heavy atom. The van der Waals surface area contributed by atoms with Crippen molar-refractivity contribution in [3.63, 3.8) is 0 Å². The van der Waals surface area contributed by atoms with Gasteiger partial charge in [-0.05, 0) is 79.4 Å². The highest BCUT2D eigenvalue weighted by molar-refractivity contribution is 6.74. The third-order valence-electron chi connectivity index (χ3n) is 9.97. The van der Waals surface area contributed by atoms with Crippen LogP contribution in [0.25, 0.3) is 0 Å². The van der Waals surface area contributed by atoms with Crippen LogP contribution in [0, 0.1) is 17.8 Å². The summed E-state index contributed by atoms with van der Waals surface area (Å²) in [5, 5.41) is 0.152. The van der Waals surface area contributed by atoms with Gasteiger partial charge < -0.3 is 18.6 Å². The topological polar surface area (TPSA) is 36.9 Å². The van der Waals surface area contributed by atoms with Crippen molar-refractivity contribution in [3.8, 4) is 23.3 Å². The number of unbranched alkanes of at least 4 members (excludes halogenated alkanes) is 3. The molecule has 3 atom stereocenters. The van der Waals surface area contributed by atoms with Crippen LogP contribution in [-0.4, -0.2) is 34.2 Å². The van der Waals surface area contributed by atoms with E-state index in [1.165, 1.54) is 42.4 Å². The van der Waals surface area contributed by atoms with Gasteiger partial charge in [-0.25, -0.2) is 0 Å². The molecule has 0 unspecified atom stereocenters. The van der Waals surface area contributed by atoms with Crippen LogP contribution in [-0.2, 0) is 14.6 Å². The Morgan fingerprint density at radius 1 is 1.14 bits per heavy atom. The summed E-state index contributed by atoms with van der Waals surface area (Å²) in [6, 6.07) is 4.56. The van der Waals surface area contributed by atoms with Gasteiger partial charge in [0, 0.05) is 17.4 Å². The van der Waals surface area contributed by atoms with Gasteiger partial charge in [0.15, 0.2) is 13.9 Å². The first kappa shape index (κ1) is 34.3. The number of hydrogen-bond acceptors (Lipinski definition) is 4. The van der Waals surface area contributed by atoms with Crippen molar-refractivity contribution in [2.75, 3.05) is 20.3 Å². The second-order valence-corrected chi connectivity index (χ2v) is 19.5. The van der Waals surface area contributed by atoms with Gasteiger partial charge in [-0.2, -0.15) is 0 Å². The van der Waals surface area contributed by atoms with Gasteiger partial charge in [0.05, 0.1) is 20.0 Å². The maximum atomic E-state index is 7.01. The molecule has 4 nitrogen and oxygen atoms in total. The van der Waals surface area contributed by atoms with E-state index < -0.39 is 13.9 Å². The minimum absolute atomic E-state index is 0.00202. The standard InChI is InChI=1S/C37H58O4Si/c1-12-14-15-16-20-36(6,7)29-25-32(39-22-13-2)34-30-24-28(27-38-9)18-19-31(30)37(8,41-33(34)26-29)21-17-23-40-42(10,11)35(3,4)5/h13,25-27,30-31H,2,12,14-16,18-20,22-24H2,1,3-11H3/b28-27+/t30-,31-,37+/m1/s1. The van der Waals surface area contributed by atoms with E-state index in [4.69, 9.17) is 18.6 Å². The lowest BCUT2D eigenvalue weighted by Gasteiger charge is -2.47. The molecule has 3 rings (SSSR count). The SMILES string of the molecule is C=CCOc1cc(C(C)(C)CCCCCC)cc2c1[C@@H]1C/C(=C/OC)CC[C@H]1[C@](C)(C#CCO[Si](C)(C)C(C)(C)C)O2. The number of methoxy groups -OCH3 is 1. The van der Waals surface area contributed by atoms with Crippen LogP contribution in [0.4, 0.5) is 0 Å². The fourth-order valence-corrected chi connectivity index (χ4v) is 7.09. The lowest BCUT2D eigenvalue weighted by atomic mass is 9.64. The molecule has 0 aromatic heterocycles. The largest absolute Gasteiger partial charge is 0.504 e. The van der Waals surface area contributed by atoms with E-state index in [-0.39, 0.29) is 22.3 Å². The van der Waals surface area contributed by atoms with Crippen LogP contribution >= 0.6 is 0 Å². The van der Waals surface area contributed by atoms with Crippen molar-refractivity contribution in [1.29, 1.82) is 0 Å². The Bertz CT molecular complexity index is 1160. The van der Waals surface area contributed by atoms with Gasteiger partial charge in [0.2, 0.25) is 0 Å². The van der Waals surface area contributed by atoms with Gasteiger partial charge in [-0.3, -0.25) is 0 Å². The first-order chi connectivity index (χ1) is 19.7. The predicted octanol–water partition coefficient (Wildman–Crippen LogP) is 10.1. The third-order valence-corrected chi connectivity index (χ3v) is 14.5. The molecular formula is C37H58O4Si. The molecule has 234 valence electrons. The van der Waals surface area contributed by atoms with Crippen LogP contribution < -0.4 is 9.47 Å². The van der Waals surface area contributed by atoms with Crippen molar-refractivity contribution in [3.05, 3.63) is 47.7 Å². The normalized spacial score (nSPS) is 23.2. The zero-order valence-electron chi connectivity index (χ0n) is 28.4. The van der Waals surface area contributed by atoms with Crippen LogP contribution in [0.5, 0.6) is 11.5 Å². The molecule has 1 aromatic carbocycles. The van der Waals surface area contributed by atoms with Crippen molar-refractivity contribution in [2.24, 2.45) is 5.92 Å². The minimum atomic E-state index is -1.88. The molecule has 5 heteroatoms. The summed E-state index contributed by atoms with van der Waals surface area (Å²) in [6.45, 7) is 25.3. The maximum Gasteiger partial charge on any atom is 0.193 e. The highest BCUT2D eigenvalue weighted by atomic mass is 28.4. The molecule has 0 saturated heterocycles. The van der Waals surface area contributed by atoms with Crippen molar-refractivity contribution in [1.82, 2.24) is 0 Å². The molecule has 0 radical (unpaired) electrons. The first-order valence-electron chi connectivity index (χ1n) is 16.1. The maximum absolute atomic E-state index is 7.01. The molecule has 1 saturated carbocycles. The molecule has 42 heavy (non-hydrogen) atoms. The average molecular weight is 595 g/mol. The van der Waals surface area contributed by atoms with Crippen molar-refractivity contribution >= 4 is 8.32 Å². The quantitative estimate of drug-likeness (QED) is 0.0793. The van der Waals surface area contributed by atoms with Crippen LogP contribution in [0.1, 0.15) is 117 Å². The van der Waals surface area contributed by atoms with E-state index in [0.717, 1.165) is 37.2 Å². The smallest absolute Gasteiger partial charge is 0.193 e. The van der Waals surface area contributed by atoms with E-state index in [0.29, 0.717) is 13.2 Å². The highest BCUT2D eigenvalue weighted by Crippen LogP contribution is 2.56. The van der Waals surface area contributed by atoms with E-state index in [1.54, 1.807) is 7.11 Å². The Hall–Kier alpha value is -2.16. The predicted molar refractivity (Wildman–Crippen MR) is 179 cm³/mol. The summed E-state index contributed by atoms with van der Waals surface area (Å²) in [5.41, 5.74) is 3.15. The van der Waals surface area contributed by atoms with Crippen LogP contribution in [0.15, 0.2) is 36.6 Å². The zero-order chi connectivity index (χ0) is 31.2. The number of hydrogen-bond donors (Lipinski definition) is 0. The number of allylic oxidation sites excluding steroid dienone is 1. The van der Waals surface area contributed by atoms with Crippen LogP contribution in [0.3, 0.4) is 0 Å². The van der Waals surface area contributed by atoms with E-state index in [1.807, 2.05) is 12.3 Å². The summed E-state index contributed by atoms with van der Waals surface area (Å²) >= 11 is 0. The van der Waals surface area contributed by atoms with Crippen LogP contribution in [0.2, 0.25) is 18.1 Å². The molecule has 0 amide bonds. The number of benzene rings is 1. The Morgan fingerprint density at radius 3 is 2.52 bits per heavy atom. The van der Waals surface area contributed by atoms with Crippen molar-refractivity contribution in [2.45, 2.75) is 135 Å². The molecule has 0 bridgehead atoms. The number of rotatable bonds is 12. The molecule has 1 aliphatic heterocycles. The fourth-order valence-electron chi connectivity index (χ4n) is 6.22. The molecular weight excluding hydrogens is 536 g/mol. The van der Waals surface area contributed by atoms with Gasteiger partial charge in [0.1, 0.15) is 18.1 Å². The molecule has 2 aliphatic rings. The highest BCUT2D eigenvalue weighted by Gasteiger charge is 2.49. The molecule has 1 aliphatic carbocycles. The Labute approximate surface area is 258 Å². The van der Waals surface area contributed by atoms with Gasteiger partial charge in [0.25, 0.3) is 0 Å². The first-order valence-corrected chi connectivity index (χ1v) is 19.1. The summed E-state index contributed by atoms with van der Waals surface area (Å²) in [4.78, 5) is 0. The zero-order valence-corrected chi connectivity index (χ0v) is 29.4. The lowest BCUT2D eigenvalue weighted by Crippen LogP contribution is -2.48. The monoisotopic (exact) mass is 594 g/mol. The molecule has 1 fully saturated rings. The third kappa shape index (κ3) is 8.06. The van der Waals surface area contributed by atoms with Gasteiger partial charge >= 0.3 is 0 Å². The Balaban J connectivity index is 2.06. The molecule has 0 spiro atoms. The minimum Gasteiger partial charge on any atom is -0.504 e. The number of ether oxygens (including phenoxy) is 3. The summed E-state index contributed by atoms with van der Waals surface area (Å²) < 4.78 is 25.3. The average Bonchev–Trinajstić information content (AvgIpc) is 2.91. The Kier molecular flexibility index (Phi) is 11.5. The van der Waals surface area contributed by atoms with E-state index >= 15 is 0 Å². The fraction of sp³-hybridized carbons (Fsp3) is 0.676. The summed E-state index contributed by atoms with van der Waals surface area (Å²) in [5.74, 6) is 9.31. The molecule has 1 aromatic rings. The molecule has 0 N–H and O–H groups in total. The second kappa shape index (κ2) is 14.1. The summed E-state index contributed by atoms with van der Waals surface area (Å²) in [6.07, 6.45) is 12.8. The summed E-state index contributed by atoms with van der Waals surface area (Å²) in [7, 11) is -0.143. The second-order valence-electron chi connectivity index (χ2n) is 14.7. The van der Waals surface area contributed by atoms with E-state index in [9.17, 15) is 0 Å². The van der Waals surface area contributed by atoms with Crippen molar-refractivity contribution < 1.29 is 18.6 Å². The number of fused-ring (bicyclic) bond motifs is 3. The van der Waals surface area contributed by atoms with E-state index in [2.05, 4.69) is 92.1 Å². The lowest BCUT2D eigenvalue weighted by molar-refractivity contribution is 0.0311. The van der Waals surface area contributed by atoms with Gasteiger partial charge in [-0.1, -0.05) is 91.7 Å². The molecule has 1 heterocycles.